The van der Waals surface area contributed by atoms with Crippen molar-refractivity contribution in [2.45, 2.75) is 31.9 Å². The Balaban J connectivity index is 2.25. The van der Waals surface area contributed by atoms with Crippen LogP contribution in [0.1, 0.15) is 31.9 Å². The van der Waals surface area contributed by atoms with Crippen LogP contribution in [0.5, 0.6) is 0 Å². The predicted molar refractivity (Wildman–Crippen MR) is 95.3 cm³/mol. The Labute approximate surface area is 151 Å². The van der Waals surface area contributed by atoms with Gasteiger partial charge < -0.3 is 4.74 Å². The van der Waals surface area contributed by atoms with Crippen LogP contribution in [0.3, 0.4) is 0 Å². The summed E-state index contributed by atoms with van der Waals surface area (Å²) in [4.78, 5) is 39.3. The van der Waals surface area contributed by atoms with E-state index in [2.05, 4.69) is 5.32 Å². The minimum absolute atomic E-state index is 0.500. The fraction of sp³-hybridized carbons (Fsp3) is 0.250. The fourth-order valence-electron chi connectivity index (χ4n) is 3.07. The molecule has 0 saturated carbocycles. The molecule has 3 rings (SSSR count). The zero-order valence-corrected chi connectivity index (χ0v) is 14.9. The van der Waals surface area contributed by atoms with E-state index >= 15 is 0 Å². The van der Waals surface area contributed by atoms with Gasteiger partial charge in [-0.15, -0.1) is 0 Å². The van der Waals surface area contributed by atoms with E-state index in [4.69, 9.17) is 4.74 Å². The van der Waals surface area contributed by atoms with E-state index in [0.29, 0.717) is 11.1 Å². The smallest absolute Gasteiger partial charge is 0.420 e. The minimum Gasteiger partial charge on any atom is -0.443 e. The molecule has 1 fully saturated rings. The van der Waals surface area contributed by atoms with Crippen molar-refractivity contribution < 1.29 is 19.1 Å². The first kappa shape index (κ1) is 17.7. The third-order valence-electron chi connectivity index (χ3n) is 4.05. The number of benzene rings is 2. The Kier molecular flexibility index (Phi) is 4.28. The first-order valence-corrected chi connectivity index (χ1v) is 8.26. The second-order valence-electron chi connectivity index (χ2n) is 7.02. The van der Waals surface area contributed by atoms with Crippen LogP contribution in [0.25, 0.3) is 0 Å². The molecule has 0 aliphatic carbocycles. The summed E-state index contributed by atoms with van der Waals surface area (Å²) in [7, 11) is 0. The van der Waals surface area contributed by atoms with Gasteiger partial charge in [0.2, 0.25) is 0 Å². The van der Waals surface area contributed by atoms with Crippen molar-refractivity contribution in [1.82, 2.24) is 10.2 Å². The van der Waals surface area contributed by atoms with Gasteiger partial charge in [-0.25, -0.2) is 14.5 Å². The Hall–Kier alpha value is -3.15. The number of carbonyl (C=O) groups is 3. The number of rotatable bonds is 2. The van der Waals surface area contributed by atoms with Crippen molar-refractivity contribution in [3.05, 3.63) is 71.8 Å². The van der Waals surface area contributed by atoms with Gasteiger partial charge in [-0.1, -0.05) is 60.7 Å². The summed E-state index contributed by atoms with van der Waals surface area (Å²) in [6, 6.07) is 16.6. The Morgan fingerprint density at radius 2 is 1.38 bits per heavy atom. The average Bonchev–Trinajstić information content (AvgIpc) is 2.86. The van der Waals surface area contributed by atoms with E-state index in [1.807, 2.05) is 0 Å². The van der Waals surface area contributed by atoms with Gasteiger partial charge in [0.25, 0.3) is 5.91 Å². The molecular formula is C20H20N2O4. The van der Waals surface area contributed by atoms with Crippen molar-refractivity contribution in [1.29, 1.82) is 0 Å². The molecule has 6 heteroatoms. The predicted octanol–water partition coefficient (Wildman–Crippen LogP) is 3.42. The summed E-state index contributed by atoms with van der Waals surface area (Å²) in [5.41, 5.74) is -1.44. The number of nitrogens with one attached hydrogen (secondary N) is 1. The van der Waals surface area contributed by atoms with E-state index < -0.39 is 29.2 Å². The van der Waals surface area contributed by atoms with Crippen molar-refractivity contribution in [3.8, 4) is 0 Å². The highest BCUT2D eigenvalue weighted by Gasteiger charge is 2.59. The zero-order chi connectivity index (χ0) is 18.9. The number of hydrogen-bond acceptors (Lipinski definition) is 4. The van der Waals surface area contributed by atoms with E-state index in [1.54, 1.807) is 81.4 Å². The van der Waals surface area contributed by atoms with Crippen LogP contribution in [0.2, 0.25) is 0 Å². The molecule has 1 heterocycles. The summed E-state index contributed by atoms with van der Waals surface area (Å²) < 4.78 is 5.41. The van der Waals surface area contributed by atoms with Crippen LogP contribution in [0.4, 0.5) is 9.59 Å². The zero-order valence-electron chi connectivity index (χ0n) is 14.9. The molecule has 1 aliphatic rings. The monoisotopic (exact) mass is 352 g/mol. The number of imide groups is 2. The largest absolute Gasteiger partial charge is 0.443 e. The SMILES string of the molecule is CC(C)(C)OC(=O)N1C(=O)NC(=O)C1(c1ccccc1)c1ccccc1. The lowest BCUT2D eigenvalue weighted by Crippen LogP contribution is -2.52. The second kappa shape index (κ2) is 6.29. The molecule has 134 valence electrons. The highest BCUT2D eigenvalue weighted by molar-refractivity contribution is 6.15. The van der Waals surface area contributed by atoms with Crippen LogP contribution >= 0.6 is 0 Å². The molecule has 6 nitrogen and oxygen atoms in total. The molecule has 1 saturated heterocycles. The van der Waals surface area contributed by atoms with E-state index in [0.717, 1.165) is 4.90 Å². The number of urea groups is 1. The summed E-state index contributed by atoms with van der Waals surface area (Å²) in [5.74, 6) is -0.592. The molecule has 0 spiro atoms. The molecule has 1 aliphatic heterocycles. The Morgan fingerprint density at radius 1 is 0.923 bits per heavy atom. The van der Waals surface area contributed by atoms with Gasteiger partial charge in [0.1, 0.15) is 5.60 Å². The molecule has 2 aromatic carbocycles. The molecule has 2 aromatic rings. The van der Waals surface area contributed by atoms with Crippen LogP contribution < -0.4 is 5.32 Å². The topological polar surface area (TPSA) is 75.7 Å². The van der Waals surface area contributed by atoms with Crippen molar-refractivity contribution in [3.63, 3.8) is 0 Å². The molecule has 0 atom stereocenters. The van der Waals surface area contributed by atoms with Gasteiger partial charge in [0, 0.05) is 0 Å². The second-order valence-corrected chi connectivity index (χ2v) is 7.02. The first-order valence-electron chi connectivity index (χ1n) is 8.26. The summed E-state index contributed by atoms with van der Waals surface area (Å²) in [6.45, 7) is 5.11. The minimum atomic E-state index is -1.62. The van der Waals surface area contributed by atoms with Crippen LogP contribution in [0, 0.1) is 0 Å². The van der Waals surface area contributed by atoms with Gasteiger partial charge in [-0.3, -0.25) is 10.1 Å². The Bertz CT molecular complexity index is 802. The molecule has 4 amide bonds. The fourth-order valence-corrected chi connectivity index (χ4v) is 3.07. The number of hydrogen-bond donors (Lipinski definition) is 1. The molecule has 0 aromatic heterocycles. The van der Waals surface area contributed by atoms with E-state index in [1.165, 1.54) is 0 Å². The van der Waals surface area contributed by atoms with Crippen molar-refractivity contribution in [2.24, 2.45) is 0 Å². The molecular weight excluding hydrogens is 332 g/mol. The number of amides is 4. The lowest BCUT2D eigenvalue weighted by Gasteiger charge is -2.35. The number of carbonyl (C=O) groups excluding carboxylic acids is 3. The number of nitrogens with zero attached hydrogens (tertiary/aromatic N) is 1. The van der Waals surface area contributed by atoms with Crippen molar-refractivity contribution in [2.75, 3.05) is 0 Å². The lowest BCUT2D eigenvalue weighted by atomic mass is 9.81. The quantitative estimate of drug-likeness (QED) is 0.841. The first-order chi connectivity index (χ1) is 12.3. The maximum absolute atomic E-state index is 13.0. The maximum atomic E-state index is 13.0. The third-order valence-corrected chi connectivity index (χ3v) is 4.05. The standard InChI is InChI=1S/C20H20N2O4/c1-19(2,3)26-18(25)22-17(24)21-16(23)20(22,14-10-6-4-7-11-14)15-12-8-5-9-13-15/h4-13H,1-3H3,(H,21,23,24). The Morgan fingerprint density at radius 3 is 1.81 bits per heavy atom. The number of ether oxygens (including phenoxy) is 1. The van der Waals surface area contributed by atoms with Gasteiger partial charge in [-0.2, -0.15) is 0 Å². The third kappa shape index (κ3) is 2.83. The van der Waals surface area contributed by atoms with E-state index in [-0.39, 0.29) is 0 Å². The summed E-state index contributed by atoms with van der Waals surface area (Å²) in [5, 5.41) is 2.27. The highest BCUT2D eigenvalue weighted by Crippen LogP contribution is 2.40. The van der Waals surface area contributed by atoms with E-state index in [9.17, 15) is 14.4 Å². The summed E-state index contributed by atoms with van der Waals surface area (Å²) >= 11 is 0. The van der Waals surface area contributed by atoms with Gasteiger partial charge in [-0.05, 0) is 31.9 Å². The lowest BCUT2D eigenvalue weighted by molar-refractivity contribution is -0.125. The van der Waals surface area contributed by atoms with Crippen LogP contribution in [-0.2, 0) is 15.1 Å². The van der Waals surface area contributed by atoms with Crippen LogP contribution in [0.15, 0.2) is 60.7 Å². The molecule has 0 bridgehead atoms. The highest BCUT2D eigenvalue weighted by atomic mass is 16.6. The average molecular weight is 352 g/mol. The van der Waals surface area contributed by atoms with Gasteiger partial charge in [0.15, 0.2) is 5.54 Å². The van der Waals surface area contributed by atoms with Crippen molar-refractivity contribution >= 4 is 18.0 Å². The van der Waals surface area contributed by atoms with Gasteiger partial charge in [0.05, 0.1) is 0 Å². The maximum Gasteiger partial charge on any atom is 0.420 e. The van der Waals surface area contributed by atoms with Crippen LogP contribution in [-0.4, -0.2) is 28.5 Å². The summed E-state index contributed by atoms with van der Waals surface area (Å²) in [6.07, 6.45) is -0.881. The molecule has 1 N–H and O–H groups in total. The molecule has 0 radical (unpaired) electrons. The normalized spacial score (nSPS) is 16.3. The van der Waals surface area contributed by atoms with Gasteiger partial charge >= 0.3 is 12.1 Å². The molecule has 0 unspecified atom stereocenters. The molecule has 26 heavy (non-hydrogen) atoms.